The molecule has 6 nitrogen and oxygen atoms in total. The van der Waals surface area contributed by atoms with Crippen LogP contribution in [0.4, 0.5) is 4.39 Å². The normalized spacial score (nSPS) is 11.9. The third-order valence-corrected chi connectivity index (χ3v) is 5.51. The number of benzene rings is 3. The van der Waals surface area contributed by atoms with E-state index in [1.807, 2.05) is 42.6 Å². The van der Waals surface area contributed by atoms with Crippen molar-refractivity contribution in [1.29, 1.82) is 0 Å². The second-order valence-electron chi connectivity index (χ2n) is 7.70. The number of aromatic amines is 1. The van der Waals surface area contributed by atoms with E-state index in [1.54, 1.807) is 25.3 Å². The van der Waals surface area contributed by atoms with Gasteiger partial charge >= 0.3 is 5.97 Å². The van der Waals surface area contributed by atoms with E-state index in [-0.39, 0.29) is 19.0 Å². The maximum absolute atomic E-state index is 13.2. The van der Waals surface area contributed by atoms with E-state index in [0.717, 1.165) is 27.6 Å². The molecule has 0 amide bonds. The van der Waals surface area contributed by atoms with Crippen molar-refractivity contribution in [3.05, 3.63) is 95.4 Å². The first-order valence-electron chi connectivity index (χ1n) is 10.6. The molecule has 3 aromatic carbocycles. The van der Waals surface area contributed by atoms with Crippen LogP contribution in [0.5, 0.6) is 11.5 Å². The van der Waals surface area contributed by atoms with E-state index >= 15 is 0 Å². The largest absolute Gasteiger partial charge is 0.493 e. The van der Waals surface area contributed by atoms with Crippen LogP contribution in [-0.4, -0.2) is 29.2 Å². The number of hydrogen-bond donors (Lipinski definition) is 3. The van der Waals surface area contributed by atoms with E-state index < -0.39 is 12.0 Å². The predicted octanol–water partition coefficient (Wildman–Crippen LogP) is 4.68. The molecule has 1 atom stereocenters. The Morgan fingerprint density at radius 2 is 1.85 bits per heavy atom. The molecule has 4 rings (SSSR count). The number of nitrogens with one attached hydrogen (secondary N) is 2. The molecule has 1 aromatic heterocycles. The summed E-state index contributed by atoms with van der Waals surface area (Å²) in [5, 5.41) is 14.0. The van der Waals surface area contributed by atoms with Gasteiger partial charge in [0.05, 0.1) is 7.11 Å². The summed E-state index contributed by atoms with van der Waals surface area (Å²) in [5.74, 6) is -0.180. The number of aliphatic carboxylic acids is 1. The maximum atomic E-state index is 13.2. The second kappa shape index (κ2) is 10.2. The first-order valence-corrected chi connectivity index (χ1v) is 10.6. The minimum absolute atomic E-state index is 0.228. The number of halogens is 1. The molecule has 0 aliphatic carbocycles. The van der Waals surface area contributed by atoms with Crippen molar-refractivity contribution in [1.82, 2.24) is 10.3 Å². The molecule has 0 saturated carbocycles. The highest BCUT2D eigenvalue weighted by Crippen LogP contribution is 2.32. The number of methoxy groups -OCH3 is 1. The number of rotatable bonds is 10. The zero-order valence-electron chi connectivity index (χ0n) is 18.2. The van der Waals surface area contributed by atoms with Crippen LogP contribution in [-0.2, 0) is 24.4 Å². The van der Waals surface area contributed by atoms with Gasteiger partial charge in [0.15, 0.2) is 11.5 Å². The van der Waals surface area contributed by atoms with Crippen molar-refractivity contribution in [3.8, 4) is 11.5 Å². The molecular formula is C26H25FN2O4. The molecule has 0 radical (unpaired) electrons. The third-order valence-electron chi connectivity index (χ3n) is 5.51. The van der Waals surface area contributed by atoms with Crippen molar-refractivity contribution >= 4 is 16.9 Å². The topological polar surface area (TPSA) is 83.6 Å². The summed E-state index contributed by atoms with van der Waals surface area (Å²) in [6.45, 7) is 0.501. The van der Waals surface area contributed by atoms with Crippen molar-refractivity contribution < 1.29 is 23.8 Å². The first kappa shape index (κ1) is 22.4. The number of carboxylic acids is 1. The van der Waals surface area contributed by atoms with Gasteiger partial charge in [0.1, 0.15) is 18.5 Å². The number of ether oxygens (including phenoxy) is 2. The second-order valence-corrected chi connectivity index (χ2v) is 7.70. The Labute approximate surface area is 191 Å². The van der Waals surface area contributed by atoms with Crippen LogP contribution in [0, 0.1) is 5.82 Å². The zero-order valence-corrected chi connectivity index (χ0v) is 18.2. The Morgan fingerprint density at radius 1 is 1.06 bits per heavy atom. The summed E-state index contributed by atoms with van der Waals surface area (Å²) in [6, 6.07) is 18.6. The average Bonchev–Trinajstić information content (AvgIpc) is 3.24. The molecule has 0 aliphatic heterocycles. The number of carbonyl (C=O) groups is 1. The monoisotopic (exact) mass is 448 g/mol. The smallest absolute Gasteiger partial charge is 0.321 e. The van der Waals surface area contributed by atoms with Gasteiger partial charge in [-0.15, -0.1) is 0 Å². The highest BCUT2D eigenvalue weighted by atomic mass is 19.1. The van der Waals surface area contributed by atoms with Crippen LogP contribution in [0.1, 0.15) is 16.7 Å². The quantitative estimate of drug-likeness (QED) is 0.328. The highest BCUT2D eigenvalue weighted by molar-refractivity contribution is 5.84. The number of H-pyrrole nitrogens is 1. The van der Waals surface area contributed by atoms with Crippen LogP contribution >= 0.6 is 0 Å². The van der Waals surface area contributed by atoms with Gasteiger partial charge in [-0.2, -0.15) is 0 Å². The standard InChI is InChI=1S/C26H25FN2O4/c1-32-24-8-4-5-18(25(24)33-16-17-9-11-20(27)12-10-17)14-29-23(26(30)31)13-19-15-28-22-7-3-2-6-21(19)22/h2-12,15,23,28-29H,13-14,16H2,1H3,(H,30,31)/t23-/m1/s1. The Morgan fingerprint density at radius 3 is 2.61 bits per heavy atom. The van der Waals surface area contributed by atoms with E-state index in [1.165, 1.54) is 12.1 Å². The summed E-state index contributed by atoms with van der Waals surface area (Å²) in [5.41, 5.74) is 3.48. The van der Waals surface area contributed by atoms with Gasteiger partial charge in [-0.3, -0.25) is 10.1 Å². The minimum atomic E-state index is -0.933. The molecular weight excluding hydrogens is 423 g/mol. The van der Waals surface area contributed by atoms with E-state index in [2.05, 4.69) is 10.3 Å². The van der Waals surface area contributed by atoms with Gasteiger partial charge in [-0.25, -0.2) is 4.39 Å². The molecule has 0 spiro atoms. The summed E-state index contributed by atoms with van der Waals surface area (Å²) in [7, 11) is 1.55. The molecule has 0 bridgehead atoms. The summed E-state index contributed by atoms with van der Waals surface area (Å²) < 4.78 is 24.6. The Balaban J connectivity index is 1.49. The minimum Gasteiger partial charge on any atom is -0.493 e. The fourth-order valence-corrected chi connectivity index (χ4v) is 3.76. The molecule has 4 aromatic rings. The number of carboxylic acid groups (broad SMARTS) is 1. The Hall–Kier alpha value is -3.84. The van der Waals surface area contributed by atoms with Crippen molar-refractivity contribution in [3.63, 3.8) is 0 Å². The van der Waals surface area contributed by atoms with Gasteiger partial charge in [0.25, 0.3) is 0 Å². The average molecular weight is 448 g/mol. The van der Waals surface area contributed by atoms with Gasteiger partial charge < -0.3 is 19.6 Å². The van der Waals surface area contributed by atoms with Crippen LogP contribution in [0.3, 0.4) is 0 Å². The number of fused-ring (bicyclic) bond motifs is 1. The van der Waals surface area contributed by atoms with Gasteiger partial charge in [0.2, 0.25) is 0 Å². The molecule has 3 N–H and O–H groups in total. The van der Waals surface area contributed by atoms with E-state index in [4.69, 9.17) is 9.47 Å². The lowest BCUT2D eigenvalue weighted by atomic mass is 10.0. The zero-order chi connectivity index (χ0) is 23.2. The van der Waals surface area contributed by atoms with Gasteiger partial charge in [-0.05, 0) is 35.4 Å². The van der Waals surface area contributed by atoms with Crippen molar-refractivity contribution in [2.24, 2.45) is 0 Å². The molecule has 1 heterocycles. The Bertz CT molecular complexity index is 1240. The number of hydrogen-bond acceptors (Lipinski definition) is 4. The highest BCUT2D eigenvalue weighted by Gasteiger charge is 2.21. The lowest BCUT2D eigenvalue weighted by Crippen LogP contribution is -2.38. The number of aromatic nitrogens is 1. The van der Waals surface area contributed by atoms with Crippen LogP contribution in [0.2, 0.25) is 0 Å². The molecule has 33 heavy (non-hydrogen) atoms. The Kier molecular flexibility index (Phi) is 6.90. The van der Waals surface area contributed by atoms with Crippen molar-refractivity contribution in [2.75, 3.05) is 7.11 Å². The summed E-state index contributed by atoms with van der Waals surface area (Å²) >= 11 is 0. The van der Waals surface area contributed by atoms with Crippen LogP contribution in [0.25, 0.3) is 10.9 Å². The van der Waals surface area contributed by atoms with E-state index in [0.29, 0.717) is 17.9 Å². The lowest BCUT2D eigenvalue weighted by Gasteiger charge is -2.18. The molecule has 0 unspecified atom stereocenters. The van der Waals surface area contributed by atoms with Gasteiger partial charge in [-0.1, -0.05) is 42.5 Å². The molecule has 0 saturated heterocycles. The molecule has 0 fully saturated rings. The number of para-hydroxylation sites is 2. The maximum Gasteiger partial charge on any atom is 0.321 e. The van der Waals surface area contributed by atoms with Crippen LogP contribution in [0.15, 0.2) is 72.9 Å². The SMILES string of the molecule is COc1cccc(CN[C@H](Cc2c[nH]c3ccccc23)C(=O)O)c1OCc1ccc(F)cc1. The lowest BCUT2D eigenvalue weighted by molar-refractivity contribution is -0.139. The summed E-state index contributed by atoms with van der Waals surface area (Å²) in [6.07, 6.45) is 2.18. The fraction of sp³-hybridized carbons (Fsp3) is 0.192. The molecule has 0 aliphatic rings. The fourth-order valence-electron chi connectivity index (χ4n) is 3.76. The summed E-state index contributed by atoms with van der Waals surface area (Å²) in [4.78, 5) is 15.2. The third kappa shape index (κ3) is 5.32. The molecule has 7 heteroatoms. The van der Waals surface area contributed by atoms with Gasteiger partial charge in [0, 0.05) is 35.6 Å². The predicted molar refractivity (Wildman–Crippen MR) is 124 cm³/mol. The van der Waals surface area contributed by atoms with Crippen molar-refractivity contribution in [2.45, 2.75) is 25.6 Å². The van der Waals surface area contributed by atoms with E-state index in [9.17, 15) is 14.3 Å². The molecule has 170 valence electrons. The van der Waals surface area contributed by atoms with Crippen LogP contribution < -0.4 is 14.8 Å². The first-order chi connectivity index (χ1) is 16.0.